The summed E-state index contributed by atoms with van der Waals surface area (Å²) in [7, 11) is 0. The Morgan fingerprint density at radius 1 is 0.625 bits per heavy atom. The minimum atomic E-state index is -0.750. The van der Waals surface area contributed by atoms with Gasteiger partial charge in [0.15, 0.2) is 4.30 Å². The second-order valence-corrected chi connectivity index (χ2v) is 3.49. The maximum atomic E-state index is 7.57. The second kappa shape index (κ2) is 57.2. The van der Waals surface area contributed by atoms with Gasteiger partial charge in [0.1, 0.15) is 0 Å². The van der Waals surface area contributed by atoms with Gasteiger partial charge in [-0.3, -0.25) is 0 Å². The van der Waals surface area contributed by atoms with Crippen LogP contribution in [0.1, 0.15) is 27.7 Å². The van der Waals surface area contributed by atoms with Gasteiger partial charge in [0.05, 0.1) is 0 Å². The molecule has 0 aromatic heterocycles. The van der Waals surface area contributed by atoms with Gasteiger partial charge in [-0.2, -0.15) is 0 Å². The molecule has 4 N–H and O–H groups in total. The molecule has 0 radical (unpaired) electrons. The van der Waals surface area contributed by atoms with E-state index >= 15 is 0 Å². The van der Waals surface area contributed by atoms with E-state index in [2.05, 4.69) is 0 Å². The van der Waals surface area contributed by atoms with Gasteiger partial charge in [0.2, 0.25) is 0 Å². The van der Waals surface area contributed by atoms with E-state index < -0.39 is 4.30 Å². The van der Waals surface area contributed by atoms with Crippen LogP contribution in [0.4, 0.5) is 0 Å². The van der Waals surface area contributed by atoms with Crippen LogP contribution in [-0.2, 0) is 0 Å². The standard InChI is InChI=1S/4C2H6O.CHCl3/c4*1-2-3;2-1(3)4/h4*3H,2H2,1H3;1H. The predicted octanol–water partition coefficient (Wildman–Crippen LogP) is 1.98. The van der Waals surface area contributed by atoms with Crippen LogP contribution in [0.5, 0.6) is 0 Å². The molecule has 0 bridgehead atoms. The fourth-order valence-electron chi connectivity index (χ4n) is 0. The summed E-state index contributed by atoms with van der Waals surface area (Å²) in [6.07, 6.45) is 0. The SMILES string of the molecule is CCO.CCO.CCO.CCO.ClC(Cl)Cl. The number of aliphatic hydroxyl groups is 4. The summed E-state index contributed by atoms with van der Waals surface area (Å²) in [6, 6.07) is 0. The highest BCUT2D eigenvalue weighted by atomic mass is 35.6. The molecule has 0 amide bonds. The first-order chi connectivity index (χ1) is 7.39. The highest BCUT2D eigenvalue weighted by molar-refractivity contribution is 6.63. The Hall–Kier alpha value is 0.710. The van der Waals surface area contributed by atoms with Crippen molar-refractivity contribution < 1.29 is 20.4 Å². The third-order valence-corrected chi connectivity index (χ3v) is 0. The molecule has 0 aliphatic rings. The molecule has 0 aromatic carbocycles. The first kappa shape index (κ1) is 30.1. The molecule has 0 aliphatic heterocycles. The van der Waals surface area contributed by atoms with Crippen LogP contribution in [0.25, 0.3) is 0 Å². The van der Waals surface area contributed by atoms with Gasteiger partial charge in [0, 0.05) is 26.4 Å². The predicted molar refractivity (Wildman–Crippen MR) is 72.4 cm³/mol. The zero-order chi connectivity index (χ0) is 14.4. The molecule has 0 saturated heterocycles. The molecule has 0 aromatic rings. The summed E-state index contributed by atoms with van der Waals surface area (Å²) in [5.74, 6) is 0. The Balaban J connectivity index is -0.0000000317. The quantitative estimate of drug-likeness (QED) is 0.516. The molecular formula is C9H25Cl3O4. The topological polar surface area (TPSA) is 80.9 Å². The summed E-state index contributed by atoms with van der Waals surface area (Å²) in [5.41, 5.74) is 0. The molecule has 7 heteroatoms. The van der Waals surface area contributed by atoms with Crippen LogP contribution in [0, 0.1) is 0 Å². The third kappa shape index (κ3) is 5480. The fraction of sp³-hybridized carbons (Fsp3) is 1.00. The fourth-order valence-corrected chi connectivity index (χ4v) is 0. The Morgan fingerprint density at radius 3 is 0.625 bits per heavy atom. The van der Waals surface area contributed by atoms with E-state index in [0.717, 1.165) is 0 Å². The minimum absolute atomic E-state index is 0.250. The molecule has 106 valence electrons. The lowest BCUT2D eigenvalue weighted by molar-refractivity contribution is 0.318. The number of aliphatic hydroxyl groups excluding tert-OH is 4. The summed E-state index contributed by atoms with van der Waals surface area (Å²) in [6.45, 7) is 7.72. The highest BCUT2D eigenvalue weighted by Gasteiger charge is 1.78. The maximum Gasteiger partial charge on any atom is 0.180 e. The minimum Gasteiger partial charge on any atom is -0.397 e. The Bertz CT molecular complexity index is 49.3. The van der Waals surface area contributed by atoms with Crippen LogP contribution in [0.2, 0.25) is 0 Å². The van der Waals surface area contributed by atoms with Gasteiger partial charge in [0.25, 0.3) is 0 Å². The molecule has 0 heterocycles. The van der Waals surface area contributed by atoms with E-state index in [-0.39, 0.29) is 26.4 Å². The van der Waals surface area contributed by atoms with Gasteiger partial charge in [-0.25, -0.2) is 0 Å². The molecule has 0 spiro atoms. The number of halogens is 3. The molecule has 0 aliphatic carbocycles. The van der Waals surface area contributed by atoms with Gasteiger partial charge in [-0.15, -0.1) is 0 Å². The largest absolute Gasteiger partial charge is 0.397 e. The van der Waals surface area contributed by atoms with E-state index in [4.69, 9.17) is 55.2 Å². The zero-order valence-electron chi connectivity index (χ0n) is 10.3. The lowest BCUT2D eigenvalue weighted by Crippen LogP contribution is -1.57. The Kier molecular flexibility index (Phi) is 107. The molecule has 0 rings (SSSR count). The van der Waals surface area contributed by atoms with E-state index in [0.29, 0.717) is 0 Å². The average Bonchev–Trinajstić information content (AvgIpc) is 2.06. The summed E-state index contributed by atoms with van der Waals surface area (Å²) in [5, 5.41) is 30.3. The number of hydrogen-bond donors (Lipinski definition) is 4. The van der Waals surface area contributed by atoms with Gasteiger partial charge in [-0.05, 0) is 27.7 Å². The van der Waals surface area contributed by atoms with E-state index in [1.54, 1.807) is 27.7 Å². The normalized spacial score (nSPS) is 6.75. The lowest BCUT2D eigenvalue weighted by Gasteiger charge is -1.69. The van der Waals surface area contributed by atoms with E-state index in [9.17, 15) is 0 Å². The van der Waals surface area contributed by atoms with Crippen molar-refractivity contribution in [3.63, 3.8) is 0 Å². The Morgan fingerprint density at radius 2 is 0.625 bits per heavy atom. The van der Waals surface area contributed by atoms with Crippen molar-refractivity contribution in [3.05, 3.63) is 0 Å². The molecule has 0 fully saturated rings. The van der Waals surface area contributed by atoms with Crippen molar-refractivity contribution in [1.82, 2.24) is 0 Å². The van der Waals surface area contributed by atoms with Crippen LogP contribution in [0.3, 0.4) is 0 Å². The van der Waals surface area contributed by atoms with Crippen molar-refractivity contribution in [3.8, 4) is 0 Å². The first-order valence-electron chi connectivity index (χ1n) is 4.75. The monoisotopic (exact) mass is 302 g/mol. The van der Waals surface area contributed by atoms with Gasteiger partial charge in [-0.1, -0.05) is 34.8 Å². The van der Waals surface area contributed by atoms with Gasteiger partial charge < -0.3 is 20.4 Å². The summed E-state index contributed by atoms with van der Waals surface area (Å²) in [4.78, 5) is 0. The summed E-state index contributed by atoms with van der Waals surface area (Å²) < 4.78 is -0.750. The van der Waals surface area contributed by atoms with Crippen molar-refractivity contribution in [2.75, 3.05) is 26.4 Å². The zero-order valence-corrected chi connectivity index (χ0v) is 12.6. The lowest BCUT2D eigenvalue weighted by atomic mass is 10.9. The molecule has 0 unspecified atom stereocenters. The maximum absolute atomic E-state index is 7.57. The second-order valence-electron chi connectivity index (χ2n) is 1.51. The van der Waals surface area contributed by atoms with Crippen LogP contribution in [-0.4, -0.2) is 51.1 Å². The smallest absolute Gasteiger partial charge is 0.180 e. The molecule has 0 atom stereocenters. The average molecular weight is 304 g/mol. The van der Waals surface area contributed by atoms with Crippen molar-refractivity contribution in [1.29, 1.82) is 0 Å². The van der Waals surface area contributed by atoms with Crippen LogP contribution >= 0.6 is 34.8 Å². The molecule has 16 heavy (non-hydrogen) atoms. The molecule has 0 saturated carbocycles. The highest BCUT2D eigenvalue weighted by Crippen LogP contribution is 2.03. The van der Waals surface area contributed by atoms with E-state index in [1.807, 2.05) is 0 Å². The van der Waals surface area contributed by atoms with Gasteiger partial charge >= 0.3 is 0 Å². The van der Waals surface area contributed by atoms with Crippen molar-refractivity contribution in [2.45, 2.75) is 32.0 Å². The van der Waals surface area contributed by atoms with Crippen LogP contribution in [0.15, 0.2) is 0 Å². The first-order valence-corrected chi connectivity index (χ1v) is 6.06. The number of alkyl halides is 3. The van der Waals surface area contributed by atoms with Crippen molar-refractivity contribution >= 4 is 34.8 Å². The third-order valence-electron chi connectivity index (χ3n) is 0. The molecular weight excluding hydrogens is 278 g/mol. The number of rotatable bonds is 0. The van der Waals surface area contributed by atoms with Crippen molar-refractivity contribution in [2.24, 2.45) is 0 Å². The number of hydrogen-bond acceptors (Lipinski definition) is 4. The Labute approximate surface area is 114 Å². The van der Waals surface area contributed by atoms with Crippen LogP contribution < -0.4 is 0 Å². The van der Waals surface area contributed by atoms with E-state index in [1.165, 1.54) is 0 Å². The molecule has 4 nitrogen and oxygen atoms in total. The summed E-state index contributed by atoms with van der Waals surface area (Å²) >= 11 is 14.4.